The highest BCUT2D eigenvalue weighted by molar-refractivity contribution is 6.32. The molecule has 1 atom stereocenters. The molecule has 0 bridgehead atoms. The fraction of sp³-hybridized carbons (Fsp3) is 0.333. The fourth-order valence-corrected chi connectivity index (χ4v) is 2.67. The average Bonchev–Trinajstić information content (AvgIpc) is 2.67. The second kappa shape index (κ2) is 9.42. The highest BCUT2D eigenvalue weighted by Gasteiger charge is 2.14. The largest absolute Gasteiger partial charge is 0.493 e. The summed E-state index contributed by atoms with van der Waals surface area (Å²) in [6.45, 7) is 5.90. The van der Waals surface area contributed by atoms with Crippen molar-refractivity contribution in [3.8, 4) is 11.5 Å². The lowest BCUT2D eigenvalue weighted by Gasteiger charge is -2.17. The number of carbonyl (C=O) groups excluding carboxylic acids is 1. The van der Waals surface area contributed by atoms with Gasteiger partial charge in [-0.05, 0) is 61.7 Å². The highest BCUT2D eigenvalue weighted by Crippen LogP contribution is 2.37. The number of hydrogen-bond donors (Lipinski definition) is 0. The number of ether oxygens (including phenoxy) is 3. The zero-order valence-corrected chi connectivity index (χ0v) is 17.0. The van der Waals surface area contributed by atoms with Crippen LogP contribution in [0, 0.1) is 6.92 Å². The molecule has 0 fully saturated rings. The quantitative estimate of drug-likeness (QED) is 0.471. The van der Waals surface area contributed by atoms with Crippen LogP contribution in [0.5, 0.6) is 11.5 Å². The minimum absolute atomic E-state index is 0.0342. The topological polar surface area (TPSA) is 57.1 Å². The molecule has 0 N–H and O–H groups in total. The molecule has 0 aliphatic heterocycles. The molecule has 0 saturated heterocycles. The number of aliphatic imine (C=N–C) groups is 1. The summed E-state index contributed by atoms with van der Waals surface area (Å²) in [7, 11) is 2.93. The first kappa shape index (κ1) is 20.8. The van der Waals surface area contributed by atoms with Gasteiger partial charge in [0, 0.05) is 6.21 Å². The van der Waals surface area contributed by atoms with Crippen LogP contribution in [0.1, 0.15) is 41.8 Å². The van der Waals surface area contributed by atoms with E-state index in [0.717, 1.165) is 23.2 Å². The fourth-order valence-electron chi connectivity index (χ4n) is 2.40. The van der Waals surface area contributed by atoms with Crippen molar-refractivity contribution >= 4 is 29.5 Å². The predicted octanol–water partition coefficient (Wildman–Crippen LogP) is 5.37. The van der Waals surface area contributed by atoms with E-state index in [4.69, 9.17) is 25.8 Å². The van der Waals surface area contributed by atoms with Crippen LogP contribution in [0.15, 0.2) is 35.3 Å². The van der Waals surface area contributed by atoms with Gasteiger partial charge in [0.25, 0.3) is 0 Å². The maximum atomic E-state index is 11.6. The van der Waals surface area contributed by atoms with E-state index in [1.54, 1.807) is 37.6 Å². The number of methoxy groups -OCH3 is 2. The summed E-state index contributed by atoms with van der Waals surface area (Å²) in [5.74, 6) is 0.716. The normalized spacial score (nSPS) is 12.1. The number of nitrogens with zero attached hydrogens (tertiary/aromatic N) is 1. The van der Waals surface area contributed by atoms with Crippen molar-refractivity contribution in [2.75, 3.05) is 14.2 Å². The number of esters is 1. The van der Waals surface area contributed by atoms with E-state index in [1.165, 1.54) is 7.11 Å². The lowest BCUT2D eigenvalue weighted by Crippen LogP contribution is -2.11. The van der Waals surface area contributed by atoms with E-state index >= 15 is 0 Å². The Morgan fingerprint density at radius 3 is 2.59 bits per heavy atom. The minimum Gasteiger partial charge on any atom is -0.493 e. The first-order valence-electron chi connectivity index (χ1n) is 8.66. The third-order valence-electron chi connectivity index (χ3n) is 4.12. The maximum absolute atomic E-state index is 11.6. The lowest BCUT2D eigenvalue weighted by molar-refractivity contribution is 0.0600. The molecule has 6 heteroatoms. The summed E-state index contributed by atoms with van der Waals surface area (Å²) in [4.78, 5) is 16.1. The number of benzene rings is 2. The van der Waals surface area contributed by atoms with Crippen LogP contribution in [0.4, 0.5) is 5.69 Å². The number of halogens is 1. The molecule has 144 valence electrons. The molecule has 0 saturated carbocycles. The third kappa shape index (κ3) is 5.23. The molecular weight excluding hydrogens is 366 g/mol. The van der Waals surface area contributed by atoms with Crippen LogP contribution in [0.25, 0.3) is 0 Å². The summed E-state index contributed by atoms with van der Waals surface area (Å²) in [5.41, 5.74) is 2.89. The second-order valence-electron chi connectivity index (χ2n) is 6.12. The molecule has 0 aromatic heterocycles. The van der Waals surface area contributed by atoms with Crippen molar-refractivity contribution in [2.45, 2.75) is 33.3 Å². The molecule has 0 unspecified atom stereocenters. The van der Waals surface area contributed by atoms with Crippen molar-refractivity contribution < 1.29 is 19.0 Å². The smallest absolute Gasteiger partial charge is 0.337 e. The standard InChI is InChI=1S/C21H24ClNO4/c1-6-14(3)27-20-17(22)10-15(11-19(20)25-4)12-23-18-8-7-16(9-13(18)2)21(24)26-5/h7-12,14H,6H2,1-5H3/t14-/m0/s1. The summed E-state index contributed by atoms with van der Waals surface area (Å²) in [6.07, 6.45) is 2.59. The van der Waals surface area contributed by atoms with Crippen LogP contribution in [-0.4, -0.2) is 32.5 Å². The molecule has 0 spiro atoms. The summed E-state index contributed by atoms with van der Waals surface area (Å²) < 4.78 is 16.0. The molecule has 2 rings (SSSR count). The second-order valence-corrected chi connectivity index (χ2v) is 6.53. The van der Waals surface area contributed by atoms with Crippen molar-refractivity contribution in [2.24, 2.45) is 4.99 Å². The van der Waals surface area contributed by atoms with Crippen LogP contribution >= 0.6 is 11.6 Å². The van der Waals surface area contributed by atoms with Gasteiger partial charge < -0.3 is 14.2 Å². The predicted molar refractivity (Wildman–Crippen MR) is 108 cm³/mol. The Hall–Kier alpha value is -2.53. The van der Waals surface area contributed by atoms with Gasteiger partial charge in [0.2, 0.25) is 0 Å². The molecule has 0 aliphatic rings. The van der Waals surface area contributed by atoms with Crippen molar-refractivity contribution in [1.82, 2.24) is 0 Å². The first-order valence-corrected chi connectivity index (χ1v) is 9.04. The van der Waals surface area contributed by atoms with Gasteiger partial charge in [-0.2, -0.15) is 0 Å². The van der Waals surface area contributed by atoms with E-state index < -0.39 is 0 Å². The molecule has 0 radical (unpaired) electrons. The number of hydrogen-bond acceptors (Lipinski definition) is 5. The molecule has 27 heavy (non-hydrogen) atoms. The van der Waals surface area contributed by atoms with Crippen LogP contribution < -0.4 is 9.47 Å². The lowest BCUT2D eigenvalue weighted by atomic mass is 10.1. The van der Waals surface area contributed by atoms with Crippen LogP contribution in [0.3, 0.4) is 0 Å². The molecule has 2 aromatic rings. The molecule has 0 amide bonds. The van der Waals surface area contributed by atoms with Gasteiger partial charge >= 0.3 is 5.97 Å². The van der Waals surface area contributed by atoms with Crippen molar-refractivity contribution in [3.05, 3.63) is 52.0 Å². The monoisotopic (exact) mass is 389 g/mol. The Morgan fingerprint density at radius 2 is 2.00 bits per heavy atom. The van der Waals surface area contributed by atoms with E-state index in [-0.39, 0.29) is 12.1 Å². The van der Waals surface area contributed by atoms with E-state index in [2.05, 4.69) is 4.99 Å². The van der Waals surface area contributed by atoms with Gasteiger partial charge in [-0.15, -0.1) is 0 Å². The Balaban J connectivity index is 2.29. The zero-order chi connectivity index (χ0) is 20.0. The van der Waals surface area contributed by atoms with Crippen molar-refractivity contribution in [3.63, 3.8) is 0 Å². The number of carbonyl (C=O) groups is 1. The van der Waals surface area contributed by atoms with Crippen molar-refractivity contribution in [1.29, 1.82) is 0 Å². The van der Waals surface area contributed by atoms with Gasteiger partial charge in [-0.3, -0.25) is 4.99 Å². The summed E-state index contributed by atoms with van der Waals surface area (Å²) in [5, 5.41) is 0.467. The van der Waals surface area contributed by atoms with Gasteiger partial charge in [-0.1, -0.05) is 18.5 Å². The van der Waals surface area contributed by atoms with E-state index in [0.29, 0.717) is 22.1 Å². The number of aryl methyl sites for hydroxylation is 1. The highest BCUT2D eigenvalue weighted by atomic mass is 35.5. The third-order valence-corrected chi connectivity index (χ3v) is 4.40. The van der Waals surface area contributed by atoms with E-state index in [1.807, 2.05) is 26.8 Å². The maximum Gasteiger partial charge on any atom is 0.337 e. The molecule has 5 nitrogen and oxygen atoms in total. The van der Waals surface area contributed by atoms with Crippen LogP contribution in [-0.2, 0) is 4.74 Å². The molecule has 2 aromatic carbocycles. The Bertz CT molecular complexity index is 848. The molecule has 0 heterocycles. The van der Waals surface area contributed by atoms with Gasteiger partial charge in [0.15, 0.2) is 11.5 Å². The Labute approximate surface area is 164 Å². The average molecular weight is 390 g/mol. The van der Waals surface area contributed by atoms with Gasteiger partial charge in [-0.25, -0.2) is 4.79 Å². The minimum atomic E-state index is -0.373. The van der Waals surface area contributed by atoms with Gasteiger partial charge in [0.1, 0.15) is 0 Å². The Kier molecular flexibility index (Phi) is 7.25. The summed E-state index contributed by atoms with van der Waals surface area (Å²) in [6, 6.07) is 8.81. The number of rotatable bonds is 7. The molecular formula is C21H24ClNO4. The Morgan fingerprint density at radius 1 is 1.26 bits per heavy atom. The van der Waals surface area contributed by atoms with E-state index in [9.17, 15) is 4.79 Å². The zero-order valence-electron chi connectivity index (χ0n) is 16.2. The van der Waals surface area contributed by atoms with Gasteiger partial charge in [0.05, 0.1) is 36.6 Å². The summed E-state index contributed by atoms with van der Waals surface area (Å²) >= 11 is 6.38. The van der Waals surface area contributed by atoms with Crippen LogP contribution in [0.2, 0.25) is 5.02 Å². The molecule has 0 aliphatic carbocycles. The SMILES string of the molecule is CC[C@H](C)Oc1c(Cl)cc(C=Nc2ccc(C(=O)OC)cc2C)cc1OC. The first-order chi connectivity index (χ1) is 12.9.